The van der Waals surface area contributed by atoms with Gasteiger partial charge in [-0.3, -0.25) is 4.79 Å². The summed E-state index contributed by atoms with van der Waals surface area (Å²) in [5.41, 5.74) is 0.231. The van der Waals surface area contributed by atoms with Crippen molar-refractivity contribution in [2.24, 2.45) is 0 Å². The van der Waals surface area contributed by atoms with Crippen LogP contribution in [0, 0.1) is 0 Å². The largest absolute Gasteiger partial charge is 0.385 e. The van der Waals surface area contributed by atoms with Crippen molar-refractivity contribution >= 4 is 17.7 Å². The van der Waals surface area contributed by atoms with Gasteiger partial charge in [0.1, 0.15) is 5.70 Å². The minimum absolute atomic E-state index is 0.129. The predicted molar refractivity (Wildman–Crippen MR) is 68.0 cm³/mol. The summed E-state index contributed by atoms with van der Waals surface area (Å²) in [6, 6.07) is 0. The van der Waals surface area contributed by atoms with E-state index in [4.69, 9.17) is 0 Å². The molecule has 0 saturated heterocycles. The van der Waals surface area contributed by atoms with Crippen LogP contribution in [-0.4, -0.2) is 23.3 Å². The first-order chi connectivity index (χ1) is 9.00. The van der Waals surface area contributed by atoms with Gasteiger partial charge in [-0.2, -0.15) is 0 Å². The van der Waals surface area contributed by atoms with Crippen molar-refractivity contribution in [3.8, 4) is 0 Å². The molecule has 0 aromatic carbocycles. The van der Waals surface area contributed by atoms with Gasteiger partial charge in [-0.05, 0) is 19.8 Å². The molecular formula is C14H17NO4. The number of ether oxygens (including phenoxy) is 1. The van der Waals surface area contributed by atoms with Crippen molar-refractivity contribution in [1.82, 2.24) is 5.32 Å². The quantitative estimate of drug-likeness (QED) is 0.473. The van der Waals surface area contributed by atoms with E-state index in [1.54, 1.807) is 0 Å². The van der Waals surface area contributed by atoms with E-state index >= 15 is 0 Å². The molecule has 1 heterocycles. The van der Waals surface area contributed by atoms with Gasteiger partial charge in [0, 0.05) is 6.08 Å². The Bertz CT molecular complexity index is 484. The molecule has 0 amide bonds. The SMILES string of the molecule is C=CC(=O)OC(=O)C1=C(C(C)=O)C2(CCCCC2)N1. The normalized spacial score (nSPS) is 20.3. The maximum atomic E-state index is 11.8. The Labute approximate surface area is 111 Å². The molecule has 2 rings (SSSR count). The molecule has 102 valence electrons. The Morgan fingerprint density at radius 2 is 1.89 bits per heavy atom. The second kappa shape index (κ2) is 4.99. The number of carbonyl (C=O) groups excluding carboxylic acids is 3. The number of carbonyl (C=O) groups is 3. The molecular weight excluding hydrogens is 246 g/mol. The smallest absolute Gasteiger partial charge is 0.362 e. The van der Waals surface area contributed by atoms with Gasteiger partial charge >= 0.3 is 11.9 Å². The molecule has 0 radical (unpaired) electrons. The van der Waals surface area contributed by atoms with Gasteiger partial charge in [0.05, 0.1) is 11.1 Å². The summed E-state index contributed by atoms with van der Waals surface area (Å²) < 4.78 is 4.55. The van der Waals surface area contributed by atoms with Crippen LogP contribution in [0.15, 0.2) is 23.9 Å². The van der Waals surface area contributed by atoms with E-state index in [2.05, 4.69) is 16.6 Å². The fourth-order valence-corrected chi connectivity index (χ4v) is 2.92. The van der Waals surface area contributed by atoms with Crippen molar-refractivity contribution in [3.05, 3.63) is 23.9 Å². The molecule has 2 aliphatic rings. The van der Waals surface area contributed by atoms with E-state index in [1.165, 1.54) is 6.92 Å². The summed E-state index contributed by atoms with van der Waals surface area (Å²) in [6.07, 6.45) is 5.79. The van der Waals surface area contributed by atoms with Crippen LogP contribution < -0.4 is 5.32 Å². The number of rotatable bonds is 3. The number of Topliss-reactive ketones (excluding diaryl/α,β-unsaturated/α-hetero) is 1. The molecule has 1 spiro atoms. The fourth-order valence-electron chi connectivity index (χ4n) is 2.92. The number of hydrogen-bond acceptors (Lipinski definition) is 5. The second-order valence-electron chi connectivity index (χ2n) is 4.99. The van der Waals surface area contributed by atoms with Crippen LogP contribution in [0.4, 0.5) is 0 Å². The van der Waals surface area contributed by atoms with Crippen molar-refractivity contribution < 1.29 is 19.1 Å². The molecule has 0 aromatic heterocycles. The monoisotopic (exact) mass is 263 g/mol. The van der Waals surface area contributed by atoms with Gasteiger partial charge in [-0.1, -0.05) is 25.8 Å². The maximum absolute atomic E-state index is 11.8. The molecule has 0 aromatic rings. The van der Waals surface area contributed by atoms with Crippen LogP contribution >= 0.6 is 0 Å². The lowest BCUT2D eigenvalue weighted by Crippen LogP contribution is -2.60. The summed E-state index contributed by atoms with van der Waals surface area (Å²) in [5.74, 6) is -1.75. The van der Waals surface area contributed by atoms with Crippen LogP contribution in [0.3, 0.4) is 0 Å². The highest BCUT2D eigenvalue weighted by Gasteiger charge is 2.49. The third kappa shape index (κ3) is 2.32. The van der Waals surface area contributed by atoms with Crippen molar-refractivity contribution in [3.63, 3.8) is 0 Å². The molecule has 1 aliphatic carbocycles. The molecule has 0 unspecified atom stereocenters. The maximum Gasteiger partial charge on any atom is 0.362 e. The van der Waals surface area contributed by atoms with Gasteiger partial charge in [0.15, 0.2) is 5.78 Å². The fraction of sp³-hybridized carbons (Fsp3) is 0.500. The number of hydrogen-bond donors (Lipinski definition) is 1. The van der Waals surface area contributed by atoms with Gasteiger partial charge in [-0.25, -0.2) is 9.59 Å². The Morgan fingerprint density at radius 1 is 1.26 bits per heavy atom. The molecule has 0 atom stereocenters. The Balaban J connectivity index is 2.23. The van der Waals surface area contributed by atoms with Crippen LogP contribution in [0.25, 0.3) is 0 Å². The molecule has 19 heavy (non-hydrogen) atoms. The zero-order valence-corrected chi connectivity index (χ0v) is 11.0. The Morgan fingerprint density at radius 3 is 2.42 bits per heavy atom. The van der Waals surface area contributed by atoms with Crippen LogP contribution in [0.2, 0.25) is 0 Å². The highest BCUT2D eigenvalue weighted by molar-refractivity contribution is 6.09. The first-order valence-corrected chi connectivity index (χ1v) is 6.42. The Kier molecular flexibility index (Phi) is 3.55. The van der Waals surface area contributed by atoms with Gasteiger partial charge in [0.2, 0.25) is 0 Å². The summed E-state index contributed by atoms with van der Waals surface area (Å²) in [7, 11) is 0. The topological polar surface area (TPSA) is 72.5 Å². The first kappa shape index (κ1) is 13.5. The van der Waals surface area contributed by atoms with E-state index in [0.717, 1.165) is 38.2 Å². The van der Waals surface area contributed by atoms with E-state index in [0.29, 0.717) is 5.57 Å². The molecule has 1 aliphatic heterocycles. The average molecular weight is 263 g/mol. The second-order valence-corrected chi connectivity index (χ2v) is 4.99. The zero-order valence-electron chi connectivity index (χ0n) is 11.0. The lowest BCUT2D eigenvalue weighted by atomic mass is 9.69. The van der Waals surface area contributed by atoms with E-state index < -0.39 is 11.9 Å². The molecule has 1 fully saturated rings. The van der Waals surface area contributed by atoms with E-state index in [-0.39, 0.29) is 17.0 Å². The van der Waals surface area contributed by atoms with Crippen molar-refractivity contribution in [2.75, 3.05) is 0 Å². The molecule has 0 bridgehead atoms. The van der Waals surface area contributed by atoms with Crippen molar-refractivity contribution in [1.29, 1.82) is 0 Å². The summed E-state index contributed by atoms with van der Waals surface area (Å²) >= 11 is 0. The third-order valence-electron chi connectivity index (χ3n) is 3.72. The highest BCUT2D eigenvalue weighted by atomic mass is 16.6. The van der Waals surface area contributed by atoms with E-state index in [1.807, 2.05) is 0 Å². The minimum Gasteiger partial charge on any atom is -0.385 e. The van der Waals surface area contributed by atoms with Gasteiger partial charge in [-0.15, -0.1) is 0 Å². The summed E-state index contributed by atoms with van der Waals surface area (Å²) in [6.45, 7) is 4.66. The summed E-state index contributed by atoms with van der Waals surface area (Å²) in [4.78, 5) is 34.5. The minimum atomic E-state index is -0.813. The summed E-state index contributed by atoms with van der Waals surface area (Å²) in [5, 5.41) is 3.05. The predicted octanol–water partition coefficient (Wildman–Crippen LogP) is 1.39. The first-order valence-electron chi connectivity index (χ1n) is 6.42. The number of nitrogens with one attached hydrogen (secondary N) is 1. The third-order valence-corrected chi connectivity index (χ3v) is 3.72. The average Bonchev–Trinajstić information content (AvgIpc) is 2.36. The number of esters is 2. The highest BCUT2D eigenvalue weighted by Crippen LogP contribution is 2.42. The van der Waals surface area contributed by atoms with Gasteiger partial charge < -0.3 is 10.1 Å². The zero-order chi connectivity index (χ0) is 14.0. The van der Waals surface area contributed by atoms with Crippen molar-refractivity contribution in [2.45, 2.75) is 44.6 Å². The van der Waals surface area contributed by atoms with E-state index in [9.17, 15) is 14.4 Å². The standard InChI is InChI=1S/C14H17NO4/c1-3-10(17)19-13(18)12-11(9(2)16)14(15-12)7-5-4-6-8-14/h3,15H,1,4-8H2,2H3. The molecule has 5 heteroatoms. The lowest BCUT2D eigenvalue weighted by Gasteiger charge is -2.48. The lowest BCUT2D eigenvalue weighted by molar-refractivity contribution is -0.154. The Hall–Kier alpha value is -1.91. The van der Waals surface area contributed by atoms with Gasteiger partial charge in [0.25, 0.3) is 0 Å². The molecule has 1 N–H and O–H groups in total. The molecule has 1 saturated carbocycles. The van der Waals surface area contributed by atoms with Crippen LogP contribution in [0.5, 0.6) is 0 Å². The number of ketones is 1. The van der Waals surface area contributed by atoms with Crippen LogP contribution in [0.1, 0.15) is 39.0 Å². The molecule has 5 nitrogen and oxygen atoms in total. The van der Waals surface area contributed by atoms with Crippen LogP contribution in [-0.2, 0) is 19.1 Å².